The van der Waals surface area contributed by atoms with Crippen LogP contribution in [0.25, 0.3) is 10.9 Å². The number of carbonyl (C=O) groups is 2. The van der Waals surface area contributed by atoms with Crippen LogP contribution in [0, 0.1) is 5.92 Å². The lowest BCUT2D eigenvalue weighted by atomic mass is 9.97. The van der Waals surface area contributed by atoms with Crippen LogP contribution in [0.3, 0.4) is 0 Å². The number of nitrogens with one attached hydrogen (secondary N) is 1. The molecule has 0 fully saturated rings. The van der Waals surface area contributed by atoms with E-state index in [0.29, 0.717) is 5.56 Å². The fraction of sp³-hybridized carbons (Fsp3) is 0.333. The standard InChI is InChI=1S/C18H22NO6P/c1-2-5-16(14(18(22)23)8-9-17(20)21)26(24,25)11-12-10-19-15-7-4-3-6-13(12)15/h2-4,6-7,10,14,16,19H,1,5,8-9,11H2,(H,20,21)(H,22,23)(H,24,25). The van der Waals surface area contributed by atoms with E-state index in [1.54, 1.807) is 6.20 Å². The molecule has 1 aromatic carbocycles. The summed E-state index contributed by atoms with van der Waals surface area (Å²) in [6, 6.07) is 7.32. The topological polar surface area (TPSA) is 128 Å². The highest BCUT2D eigenvalue weighted by atomic mass is 31.2. The number of para-hydroxylation sites is 1. The van der Waals surface area contributed by atoms with Gasteiger partial charge in [-0.25, -0.2) is 0 Å². The first-order valence-electron chi connectivity index (χ1n) is 8.18. The summed E-state index contributed by atoms with van der Waals surface area (Å²) < 4.78 is 13.1. The minimum atomic E-state index is -3.95. The second-order valence-corrected chi connectivity index (χ2v) is 8.73. The van der Waals surface area contributed by atoms with Gasteiger partial charge in [0.05, 0.1) is 17.7 Å². The third kappa shape index (κ3) is 4.62. The Hall–Kier alpha value is -2.37. The Morgan fingerprint density at radius 1 is 1.27 bits per heavy atom. The van der Waals surface area contributed by atoms with Crippen molar-refractivity contribution < 1.29 is 29.3 Å². The first-order chi connectivity index (χ1) is 12.3. The van der Waals surface area contributed by atoms with Gasteiger partial charge in [0.1, 0.15) is 0 Å². The molecule has 3 atom stereocenters. The number of hydrogen-bond acceptors (Lipinski definition) is 3. The second-order valence-electron chi connectivity index (χ2n) is 6.24. The number of aromatic amines is 1. The van der Waals surface area contributed by atoms with Crippen LogP contribution in [0.2, 0.25) is 0 Å². The smallest absolute Gasteiger partial charge is 0.307 e. The lowest BCUT2D eigenvalue weighted by Gasteiger charge is -2.27. The van der Waals surface area contributed by atoms with E-state index in [0.717, 1.165) is 10.9 Å². The number of H-pyrrole nitrogens is 1. The zero-order valence-electron chi connectivity index (χ0n) is 14.2. The van der Waals surface area contributed by atoms with Gasteiger partial charge in [-0.05, 0) is 24.5 Å². The fourth-order valence-corrected chi connectivity index (χ4v) is 5.47. The van der Waals surface area contributed by atoms with Crippen LogP contribution in [0.15, 0.2) is 43.1 Å². The minimum Gasteiger partial charge on any atom is -0.481 e. The van der Waals surface area contributed by atoms with Crippen LogP contribution in [0.1, 0.15) is 24.8 Å². The predicted molar refractivity (Wildman–Crippen MR) is 98.4 cm³/mol. The largest absolute Gasteiger partial charge is 0.481 e. The number of allylic oxidation sites excluding steroid dienone is 1. The molecule has 3 unspecified atom stereocenters. The molecule has 0 spiro atoms. The molecule has 0 saturated carbocycles. The van der Waals surface area contributed by atoms with Crippen molar-refractivity contribution in [2.24, 2.45) is 5.92 Å². The molecule has 4 N–H and O–H groups in total. The lowest BCUT2D eigenvalue weighted by Crippen LogP contribution is -2.29. The van der Waals surface area contributed by atoms with Gasteiger partial charge in [-0.1, -0.05) is 24.3 Å². The molecule has 1 heterocycles. The van der Waals surface area contributed by atoms with E-state index in [4.69, 9.17) is 5.11 Å². The Balaban J connectivity index is 2.33. The van der Waals surface area contributed by atoms with E-state index in [2.05, 4.69) is 11.6 Å². The van der Waals surface area contributed by atoms with Crippen LogP contribution in [0.4, 0.5) is 0 Å². The maximum absolute atomic E-state index is 13.1. The summed E-state index contributed by atoms with van der Waals surface area (Å²) >= 11 is 0. The normalized spacial score (nSPS) is 15.9. The van der Waals surface area contributed by atoms with Crippen molar-refractivity contribution >= 4 is 30.2 Å². The number of hydrogen-bond donors (Lipinski definition) is 4. The molecule has 0 bridgehead atoms. The monoisotopic (exact) mass is 379 g/mol. The van der Waals surface area contributed by atoms with Crippen LogP contribution < -0.4 is 0 Å². The van der Waals surface area contributed by atoms with Crippen molar-refractivity contribution in [3.63, 3.8) is 0 Å². The SMILES string of the molecule is C=CCC(C(CCC(=O)O)C(=O)O)P(=O)(O)Cc1c[nH]c2ccccc12. The average molecular weight is 379 g/mol. The van der Waals surface area contributed by atoms with Crippen LogP contribution in [0.5, 0.6) is 0 Å². The Morgan fingerprint density at radius 2 is 1.96 bits per heavy atom. The number of carboxylic acid groups (broad SMARTS) is 2. The van der Waals surface area contributed by atoms with E-state index in [9.17, 15) is 24.2 Å². The molecule has 0 saturated heterocycles. The van der Waals surface area contributed by atoms with Gasteiger partial charge in [0, 0.05) is 23.5 Å². The summed E-state index contributed by atoms with van der Waals surface area (Å²) in [7, 11) is -3.95. The van der Waals surface area contributed by atoms with Crippen LogP contribution in [-0.2, 0) is 20.3 Å². The molecule has 0 aliphatic heterocycles. The highest BCUT2D eigenvalue weighted by molar-refractivity contribution is 7.58. The zero-order chi connectivity index (χ0) is 19.3. The zero-order valence-corrected chi connectivity index (χ0v) is 15.1. The van der Waals surface area contributed by atoms with E-state index >= 15 is 0 Å². The van der Waals surface area contributed by atoms with Gasteiger partial charge < -0.3 is 20.1 Å². The first-order valence-corrected chi connectivity index (χ1v) is 10.1. The molecule has 0 aliphatic rings. The molecule has 1 aromatic heterocycles. The molecule has 140 valence electrons. The van der Waals surface area contributed by atoms with Gasteiger partial charge in [0.25, 0.3) is 0 Å². The highest BCUT2D eigenvalue weighted by Crippen LogP contribution is 2.55. The number of benzene rings is 1. The van der Waals surface area contributed by atoms with Crippen molar-refractivity contribution in [2.45, 2.75) is 31.1 Å². The minimum absolute atomic E-state index is 0.0206. The molecule has 8 heteroatoms. The van der Waals surface area contributed by atoms with Crippen LogP contribution in [-0.4, -0.2) is 37.7 Å². The van der Waals surface area contributed by atoms with E-state index in [1.165, 1.54) is 6.08 Å². The molecular formula is C18H22NO6P. The molecule has 0 radical (unpaired) electrons. The van der Waals surface area contributed by atoms with Gasteiger partial charge in [-0.15, -0.1) is 6.58 Å². The molecule has 7 nitrogen and oxygen atoms in total. The number of aliphatic carboxylic acids is 2. The van der Waals surface area contributed by atoms with Gasteiger partial charge in [-0.3, -0.25) is 14.2 Å². The lowest BCUT2D eigenvalue weighted by molar-refractivity contribution is -0.143. The van der Waals surface area contributed by atoms with E-state index < -0.39 is 30.9 Å². The summed E-state index contributed by atoms with van der Waals surface area (Å²) in [5.41, 5.74) is 0.358. The molecule has 2 rings (SSSR count). The summed E-state index contributed by atoms with van der Waals surface area (Å²) in [4.78, 5) is 36.2. The third-order valence-electron chi connectivity index (χ3n) is 4.45. The quantitative estimate of drug-likeness (QED) is 0.370. The maximum Gasteiger partial charge on any atom is 0.307 e. The molecule has 2 aromatic rings. The van der Waals surface area contributed by atoms with Gasteiger partial charge >= 0.3 is 11.9 Å². The van der Waals surface area contributed by atoms with Crippen molar-refractivity contribution in [2.75, 3.05) is 0 Å². The van der Waals surface area contributed by atoms with E-state index in [1.807, 2.05) is 24.3 Å². The molecule has 26 heavy (non-hydrogen) atoms. The first kappa shape index (κ1) is 19.9. The summed E-state index contributed by atoms with van der Waals surface area (Å²) in [6.45, 7) is 3.55. The van der Waals surface area contributed by atoms with Crippen molar-refractivity contribution in [1.82, 2.24) is 4.98 Å². The van der Waals surface area contributed by atoms with Gasteiger partial charge in [0.2, 0.25) is 7.37 Å². The average Bonchev–Trinajstić information content (AvgIpc) is 2.96. The Morgan fingerprint density at radius 3 is 2.58 bits per heavy atom. The molecular weight excluding hydrogens is 357 g/mol. The highest BCUT2D eigenvalue weighted by Gasteiger charge is 2.40. The van der Waals surface area contributed by atoms with Crippen LogP contribution >= 0.6 is 7.37 Å². The fourth-order valence-electron chi connectivity index (χ4n) is 3.16. The number of aromatic nitrogens is 1. The van der Waals surface area contributed by atoms with Gasteiger partial charge in [0.15, 0.2) is 0 Å². The number of rotatable bonds is 10. The van der Waals surface area contributed by atoms with E-state index in [-0.39, 0.29) is 25.4 Å². The Kier molecular flexibility index (Phi) is 6.40. The maximum atomic E-state index is 13.1. The molecule has 0 aliphatic carbocycles. The summed E-state index contributed by atoms with van der Waals surface area (Å²) in [5.74, 6) is -3.64. The summed E-state index contributed by atoms with van der Waals surface area (Å²) in [5, 5.41) is 19.1. The predicted octanol–water partition coefficient (Wildman–Crippen LogP) is 3.45. The van der Waals surface area contributed by atoms with Crippen molar-refractivity contribution in [3.05, 3.63) is 48.7 Å². The Labute approximate surface area is 150 Å². The number of carboxylic acids is 2. The second kappa shape index (κ2) is 8.34. The number of fused-ring (bicyclic) bond motifs is 1. The summed E-state index contributed by atoms with van der Waals surface area (Å²) in [6.07, 6.45) is 2.30. The third-order valence-corrected chi connectivity index (χ3v) is 6.85. The van der Waals surface area contributed by atoms with Gasteiger partial charge in [-0.2, -0.15) is 0 Å². The van der Waals surface area contributed by atoms with Crippen molar-refractivity contribution in [1.29, 1.82) is 0 Å². The van der Waals surface area contributed by atoms with Crippen molar-refractivity contribution in [3.8, 4) is 0 Å². The molecule has 0 amide bonds. The Bertz CT molecular complexity index is 858.